The molecule has 1 aromatic rings. The number of carbonyl (C=O) groups excluding carboxylic acids is 1. The first-order valence-electron chi connectivity index (χ1n) is 7.96. The van der Waals surface area contributed by atoms with Crippen LogP contribution in [-0.2, 0) is 16.1 Å². The van der Waals surface area contributed by atoms with Crippen molar-refractivity contribution in [3.63, 3.8) is 0 Å². The summed E-state index contributed by atoms with van der Waals surface area (Å²) in [7, 11) is 0. The number of amides is 1. The van der Waals surface area contributed by atoms with Gasteiger partial charge in [-0.25, -0.2) is 0 Å². The molecule has 2 fully saturated rings. The van der Waals surface area contributed by atoms with Crippen molar-refractivity contribution in [2.75, 3.05) is 26.2 Å². The zero-order valence-corrected chi connectivity index (χ0v) is 13.2. The summed E-state index contributed by atoms with van der Waals surface area (Å²) in [5, 5.41) is 5.42. The first-order valence-corrected chi connectivity index (χ1v) is 8.84. The third-order valence-corrected chi connectivity index (χ3v) is 5.19. The standard InChI is InChI=1S/C16H24N2O2S/c19-16(13-4-1-7-17-10-13)18(11-14-5-2-8-20-14)12-15-6-3-9-21-15/h3,6,9,13-14,17H,1-2,4-5,7-8,10-12H2/t13-,14?/m0/s1. The van der Waals surface area contributed by atoms with E-state index < -0.39 is 0 Å². The van der Waals surface area contributed by atoms with Crippen LogP contribution >= 0.6 is 11.3 Å². The Bertz CT molecular complexity index is 437. The summed E-state index contributed by atoms with van der Waals surface area (Å²) < 4.78 is 5.73. The third-order valence-electron chi connectivity index (χ3n) is 4.33. The molecule has 2 atom stereocenters. The van der Waals surface area contributed by atoms with Crippen LogP contribution in [0.15, 0.2) is 17.5 Å². The van der Waals surface area contributed by atoms with Crippen LogP contribution in [0.1, 0.15) is 30.6 Å². The molecule has 0 spiro atoms. The number of carbonyl (C=O) groups is 1. The summed E-state index contributed by atoms with van der Waals surface area (Å²) in [4.78, 5) is 16.1. The molecule has 3 heterocycles. The summed E-state index contributed by atoms with van der Waals surface area (Å²) in [6.45, 7) is 4.18. The predicted octanol–water partition coefficient (Wildman–Crippen LogP) is 2.26. The molecule has 0 radical (unpaired) electrons. The van der Waals surface area contributed by atoms with Crippen LogP contribution in [-0.4, -0.2) is 43.2 Å². The highest BCUT2D eigenvalue weighted by atomic mass is 32.1. The second-order valence-electron chi connectivity index (χ2n) is 5.98. The molecule has 0 saturated carbocycles. The van der Waals surface area contributed by atoms with E-state index in [2.05, 4.69) is 22.8 Å². The first kappa shape index (κ1) is 15.0. The largest absolute Gasteiger partial charge is 0.376 e. The van der Waals surface area contributed by atoms with E-state index in [-0.39, 0.29) is 12.0 Å². The number of thiophene rings is 1. The van der Waals surface area contributed by atoms with Gasteiger partial charge in [-0.2, -0.15) is 0 Å². The minimum Gasteiger partial charge on any atom is -0.376 e. The molecule has 0 bridgehead atoms. The Morgan fingerprint density at radius 3 is 3.05 bits per heavy atom. The van der Waals surface area contributed by atoms with Crippen LogP contribution in [0.3, 0.4) is 0 Å². The number of ether oxygens (including phenoxy) is 1. The Balaban J connectivity index is 1.65. The molecule has 3 rings (SSSR count). The Labute approximate surface area is 130 Å². The molecule has 5 heteroatoms. The monoisotopic (exact) mass is 308 g/mol. The number of hydrogen-bond donors (Lipinski definition) is 1. The lowest BCUT2D eigenvalue weighted by molar-refractivity contribution is -0.138. The fourth-order valence-corrected chi connectivity index (χ4v) is 3.90. The van der Waals surface area contributed by atoms with Gasteiger partial charge >= 0.3 is 0 Å². The highest BCUT2D eigenvalue weighted by molar-refractivity contribution is 7.09. The van der Waals surface area contributed by atoms with E-state index in [1.165, 1.54) is 4.88 Å². The predicted molar refractivity (Wildman–Crippen MR) is 84.3 cm³/mol. The van der Waals surface area contributed by atoms with Crippen molar-refractivity contribution < 1.29 is 9.53 Å². The number of rotatable bonds is 5. The van der Waals surface area contributed by atoms with E-state index in [1.54, 1.807) is 11.3 Å². The van der Waals surface area contributed by atoms with Crippen LogP contribution in [0.2, 0.25) is 0 Å². The van der Waals surface area contributed by atoms with Crippen LogP contribution in [0.4, 0.5) is 0 Å². The Hall–Kier alpha value is -0.910. The number of piperidine rings is 1. The van der Waals surface area contributed by atoms with Crippen molar-refractivity contribution in [2.45, 2.75) is 38.3 Å². The zero-order chi connectivity index (χ0) is 14.5. The molecule has 1 amide bonds. The average Bonchev–Trinajstić information content (AvgIpc) is 3.20. The van der Waals surface area contributed by atoms with E-state index in [4.69, 9.17) is 4.74 Å². The minimum absolute atomic E-state index is 0.139. The molecule has 2 aliphatic rings. The highest BCUT2D eigenvalue weighted by Gasteiger charge is 2.29. The maximum atomic E-state index is 12.8. The highest BCUT2D eigenvalue weighted by Crippen LogP contribution is 2.21. The van der Waals surface area contributed by atoms with E-state index in [1.807, 2.05) is 4.90 Å². The first-order chi connectivity index (χ1) is 10.3. The molecular weight excluding hydrogens is 284 g/mol. The second kappa shape index (κ2) is 7.38. The molecule has 1 unspecified atom stereocenters. The van der Waals surface area contributed by atoms with E-state index in [9.17, 15) is 4.79 Å². The third kappa shape index (κ3) is 4.05. The molecule has 2 saturated heterocycles. The fourth-order valence-electron chi connectivity index (χ4n) is 3.18. The van der Waals surface area contributed by atoms with Crippen LogP contribution in [0.5, 0.6) is 0 Å². The van der Waals surface area contributed by atoms with Gasteiger partial charge in [0.2, 0.25) is 5.91 Å². The molecule has 0 aromatic carbocycles. The molecule has 116 valence electrons. The summed E-state index contributed by atoms with van der Waals surface area (Å²) in [6.07, 6.45) is 4.54. The maximum absolute atomic E-state index is 12.8. The average molecular weight is 308 g/mol. The molecular formula is C16H24N2O2S. The maximum Gasteiger partial charge on any atom is 0.227 e. The molecule has 2 aliphatic heterocycles. The van der Waals surface area contributed by atoms with Crippen molar-refractivity contribution in [2.24, 2.45) is 5.92 Å². The van der Waals surface area contributed by atoms with E-state index >= 15 is 0 Å². The number of nitrogens with zero attached hydrogens (tertiary/aromatic N) is 1. The second-order valence-corrected chi connectivity index (χ2v) is 7.01. The summed E-state index contributed by atoms with van der Waals surface area (Å²) in [6, 6.07) is 4.16. The van der Waals surface area contributed by atoms with E-state index in [0.717, 1.165) is 58.5 Å². The van der Waals surface area contributed by atoms with Gasteiger partial charge in [0.1, 0.15) is 0 Å². The molecule has 1 aromatic heterocycles. The summed E-state index contributed by atoms with van der Waals surface area (Å²) >= 11 is 1.72. The Kier molecular flexibility index (Phi) is 5.27. The lowest BCUT2D eigenvalue weighted by Gasteiger charge is -2.31. The summed E-state index contributed by atoms with van der Waals surface area (Å²) in [5.74, 6) is 0.436. The van der Waals surface area contributed by atoms with Gasteiger partial charge in [-0.15, -0.1) is 11.3 Å². The Morgan fingerprint density at radius 1 is 1.43 bits per heavy atom. The van der Waals surface area contributed by atoms with Crippen molar-refractivity contribution in [3.05, 3.63) is 22.4 Å². The van der Waals surface area contributed by atoms with Crippen molar-refractivity contribution in [1.82, 2.24) is 10.2 Å². The molecule has 21 heavy (non-hydrogen) atoms. The minimum atomic E-state index is 0.139. The van der Waals surface area contributed by atoms with Crippen molar-refractivity contribution >= 4 is 17.2 Å². The summed E-state index contributed by atoms with van der Waals surface area (Å²) in [5.41, 5.74) is 0. The van der Waals surface area contributed by atoms with Gasteiger partial charge in [-0.1, -0.05) is 6.07 Å². The SMILES string of the molecule is O=C([C@H]1CCCNC1)N(Cc1cccs1)CC1CCCO1. The van der Waals surface area contributed by atoms with Crippen LogP contribution < -0.4 is 5.32 Å². The quantitative estimate of drug-likeness (QED) is 0.907. The van der Waals surface area contributed by atoms with Gasteiger partial charge in [-0.3, -0.25) is 4.79 Å². The topological polar surface area (TPSA) is 41.6 Å². The smallest absolute Gasteiger partial charge is 0.227 e. The number of nitrogens with one attached hydrogen (secondary N) is 1. The van der Waals surface area contributed by atoms with Gasteiger partial charge in [0.05, 0.1) is 18.6 Å². The Morgan fingerprint density at radius 2 is 2.38 bits per heavy atom. The van der Waals surface area contributed by atoms with Crippen molar-refractivity contribution in [1.29, 1.82) is 0 Å². The van der Waals surface area contributed by atoms with Crippen LogP contribution in [0.25, 0.3) is 0 Å². The van der Waals surface area contributed by atoms with Crippen molar-refractivity contribution in [3.8, 4) is 0 Å². The van der Waals surface area contributed by atoms with Gasteiger partial charge in [0, 0.05) is 24.6 Å². The molecule has 4 nitrogen and oxygen atoms in total. The lowest BCUT2D eigenvalue weighted by Crippen LogP contribution is -2.45. The fraction of sp³-hybridized carbons (Fsp3) is 0.688. The molecule has 1 N–H and O–H groups in total. The lowest BCUT2D eigenvalue weighted by atomic mass is 9.98. The van der Waals surface area contributed by atoms with Gasteiger partial charge < -0.3 is 15.0 Å². The molecule has 0 aliphatic carbocycles. The zero-order valence-electron chi connectivity index (χ0n) is 12.4. The van der Waals surface area contributed by atoms with E-state index in [0.29, 0.717) is 5.91 Å². The number of hydrogen-bond acceptors (Lipinski definition) is 4. The van der Waals surface area contributed by atoms with Gasteiger partial charge in [-0.05, 0) is 43.7 Å². The van der Waals surface area contributed by atoms with Gasteiger partial charge in [0.15, 0.2) is 0 Å². The normalized spacial score (nSPS) is 25.9. The van der Waals surface area contributed by atoms with Crippen LogP contribution in [0, 0.1) is 5.92 Å². The van der Waals surface area contributed by atoms with Gasteiger partial charge in [0.25, 0.3) is 0 Å².